The topological polar surface area (TPSA) is 35.9 Å². The number of nitrogens with zero attached hydrogens (tertiary/aromatic N) is 2. The van der Waals surface area contributed by atoms with Crippen LogP contribution in [0.4, 0.5) is 5.69 Å². The summed E-state index contributed by atoms with van der Waals surface area (Å²) in [5.74, 6) is 0.931. The van der Waals surface area contributed by atoms with Gasteiger partial charge in [0.05, 0.1) is 12.2 Å². The second kappa shape index (κ2) is 13.8. The van der Waals surface area contributed by atoms with E-state index in [1.807, 2.05) is 12.1 Å². The molecule has 1 fully saturated rings. The highest BCUT2D eigenvalue weighted by Gasteiger charge is 2.32. The minimum atomic E-state index is -0.551. The predicted molar refractivity (Wildman–Crippen MR) is 135 cm³/mol. The minimum Gasteiger partial charge on any atom is -0.494 e. The van der Waals surface area contributed by atoms with Crippen molar-refractivity contribution in [1.29, 1.82) is 0 Å². The molecule has 0 amide bonds. The molecule has 174 valence electrons. The van der Waals surface area contributed by atoms with E-state index >= 15 is 0 Å². The molecule has 0 aliphatic carbocycles. The summed E-state index contributed by atoms with van der Waals surface area (Å²) in [4.78, 5) is 4.68. The van der Waals surface area contributed by atoms with Crippen molar-refractivity contribution in [2.75, 3.05) is 38.2 Å². The molecule has 1 N–H and O–H groups in total. The Balaban J connectivity index is 0.00000240. The summed E-state index contributed by atoms with van der Waals surface area (Å²) in [7, 11) is 2.10. The van der Waals surface area contributed by atoms with E-state index in [4.69, 9.17) is 4.74 Å². The molecule has 1 heterocycles. The molecule has 1 aliphatic heterocycles. The Morgan fingerprint density at radius 2 is 1.65 bits per heavy atom. The average Bonchev–Trinajstić information content (AvgIpc) is 2.75. The fourth-order valence-electron chi connectivity index (χ4n) is 3.86. The van der Waals surface area contributed by atoms with E-state index in [0.29, 0.717) is 0 Å². The van der Waals surface area contributed by atoms with Gasteiger partial charge in [-0.15, -0.1) is 24.8 Å². The third-order valence-corrected chi connectivity index (χ3v) is 5.99. The zero-order valence-corrected chi connectivity index (χ0v) is 20.5. The molecule has 2 aromatic carbocycles. The molecule has 0 saturated carbocycles. The van der Waals surface area contributed by atoms with Crippen LogP contribution in [-0.2, 0) is 6.54 Å². The van der Waals surface area contributed by atoms with Crippen molar-refractivity contribution in [2.24, 2.45) is 0 Å². The van der Waals surface area contributed by atoms with Crippen LogP contribution in [0.2, 0.25) is 0 Å². The van der Waals surface area contributed by atoms with Gasteiger partial charge in [0.2, 0.25) is 0 Å². The lowest BCUT2D eigenvalue weighted by atomic mass is 9.88. The fourth-order valence-corrected chi connectivity index (χ4v) is 3.86. The number of hydrogen-bond acceptors (Lipinski definition) is 4. The maximum absolute atomic E-state index is 11.0. The molecule has 0 aromatic heterocycles. The SMILES string of the molecule is CCCCOc1ccc(N(C)CCC2(O)CCN(Cc3ccccc3)CC2)cc1.Cl.Cl. The molecule has 0 bridgehead atoms. The lowest BCUT2D eigenvalue weighted by Gasteiger charge is -2.39. The van der Waals surface area contributed by atoms with Crippen LogP contribution in [0.5, 0.6) is 5.75 Å². The standard InChI is InChI=1S/C25H36N2O2.2ClH/c1-3-4-20-29-24-12-10-23(11-13-24)26(2)17-14-25(28)15-18-27(19-16-25)21-22-8-6-5-7-9-22;;/h5-13,28H,3-4,14-21H2,1-2H3;2*1H. The Bertz CT molecular complexity index is 720. The van der Waals surface area contributed by atoms with Gasteiger partial charge in [0, 0.05) is 38.9 Å². The summed E-state index contributed by atoms with van der Waals surface area (Å²) in [6, 6.07) is 18.9. The Kier molecular flexibility index (Phi) is 12.3. The first kappa shape index (κ1) is 27.6. The molecular formula is C25H38Cl2N2O2. The van der Waals surface area contributed by atoms with Gasteiger partial charge in [0.25, 0.3) is 0 Å². The largest absolute Gasteiger partial charge is 0.494 e. The highest BCUT2D eigenvalue weighted by Crippen LogP contribution is 2.28. The summed E-state index contributed by atoms with van der Waals surface area (Å²) >= 11 is 0. The lowest BCUT2D eigenvalue weighted by Crippen LogP contribution is -2.45. The third-order valence-electron chi connectivity index (χ3n) is 5.99. The number of rotatable bonds is 10. The van der Waals surface area contributed by atoms with Gasteiger partial charge in [-0.1, -0.05) is 43.7 Å². The maximum Gasteiger partial charge on any atom is 0.119 e. The van der Waals surface area contributed by atoms with Crippen LogP contribution in [0.15, 0.2) is 54.6 Å². The van der Waals surface area contributed by atoms with Gasteiger partial charge in [-0.25, -0.2) is 0 Å². The first-order chi connectivity index (χ1) is 14.1. The summed E-state index contributed by atoms with van der Waals surface area (Å²) in [6.07, 6.45) is 4.73. The van der Waals surface area contributed by atoms with Gasteiger partial charge in [-0.3, -0.25) is 4.90 Å². The van der Waals surface area contributed by atoms with Crippen LogP contribution in [0.3, 0.4) is 0 Å². The molecule has 0 atom stereocenters. The summed E-state index contributed by atoms with van der Waals surface area (Å²) in [6.45, 7) is 6.69. The Labute approximate surface area is 200 Å². The Morgan fingerprint density at radius 3 is 2.26 bits per heavy atom. The van der Waals surface area contributed by atoms with Crippen molar-refractivity contribution in [3.8, 4) is 5.75 Å². The van der Waals surface area contributed by atoms with Gasteiger partial charge in [0.15, 0.2) is 0 Å². The highest BCUT2D eigenvalue weighted by atomic mass is 35.5. The van der Waals surface area contributed by atoms with Crippen molar-refractivity contribution in [3.63, 3.8) is 0 Å². The number of likely N-dealkylation sites (tertiary alicyclic amines) is 1. The van der Waals surface area contributed by atoms with Gasteiger partial charge >= 0.3 is 0 Å². The van der Waals surface area contributed by atoms with Gasteiger partial charge < -0.3 is 14.7 Å². The van der Waals surface area contributed by atoms with E-state index in [0.717, 1.165) is 76.3 Å². The van der Waals surface area contributed by atoms with Crippen molar-refractivity contribution in [2.45, 2.75) is 51.2 Å². The van der Waals surface area contributed by atoms with E-state index in [2.05, 4.69) is 66.2 Å². The van der Waals surface area contributed by atoms with E-state index < -0.39 is 5.60 Å². The quantitative estimate of drug-likeness (QED) is 0.462. The molecule has 2 aromatic rings. The molecule has 31 heavy (non-hydrogen) atoms. The van der Waals surface area contributed by atoms with Crippen LogP contribution >= 0.6 is 24.8 Å². The van der Waals surface area contributed by atoms with Gasteiger partial charge in [-0.05, 0) is 55.5 Å². The van der Waals surface area contributed by atoms with Crippen LogP contribution in [0.1, 0.15) is 44.6 Å². The van der Waals surface area contributed by atoms with E-state index in [1.54, 1.807) is 0 Å². The second-order valence-electron chi connectivity index (χ2n) is 8.35. The van der Waals surface area contributed by atoms with Crippen molar-refractivity contribution in [1.82, 2.24) is 4.90 Å². The van der Waals surface area contributed by atoms with Crippen molar-refractivity contribution in [3.05, 3.63) is 60.2 Å². The maximum atomic E-state index is 11.0. The number of unbranched alkanes of at least 4 members (excludes halogenated alkanes) is 1. The number of hydrogen-bond donors (Lipinski definition) is 1. The molecule has 3 rings (SSSR count). The zero-order chi connectivity index (χ0) is 20.5. The average molecular weight is 469 g/mol. The summed E-state index contributed by atoms with van der Waals surface area (Å²) in [5, 5.41) is 11.0. The molecule has 0 unspecified atom stereocenters. The Hall–Kier alpha value is -1.46. The highest BCUT2D eigenvalue weighted by molar-refractivity contribution is 5.85. The monoisotopic (exact) mass is 468 g/mol. The normalized spacial score (nSPS) is 15.5. The lowest BCUT2D eigenvalue weighted by molar-refractivity contribution is -0.0275. The van der Waals surface area contributed by atoms with Gasteiger partial charge in [0.1, 0.15) is 5.75 Å². The zero-order valence-electron chi connectivity index (χ0n) is 18.8. The molecule has 1 saturated heterocycles. The first-order valence-corrected chi connectivity index (χ1v) is 11.0. The molecule has 6 heteroatoms. The van der Waals surface area contributed by atoms with Crippen molar-refractivity contribution < 1.29 is 9.84 Å². The Morgan fingerprint density at radius 1 is 1.00 bits per heavy atom. The van der Waals surface area contributed by atoms with Crippen molar-refractivity contribution >= 4 is 30.5 Å². The van der Waals surface area contributed by atoms with Crippen LogP contribution in [-0.4, -0.2) is 48.9 Å². The molecule has 1 aliphatic rings. The van der Waals surface area contributed by atoms with Crippen LogP contribution in [0.25, 0.3) is 0 Å². The van der Waals surface area contributed by atoms with Gasteiger partial charge in [-0.2, -0.15) is 0 Å². The molecule has 0 spiro atoms. The fraction of sp³-hybridized carbons (Fsp3) is 0.520. The van der Waals surface area contributed by atoms with E-state index in [1.165, 1.54) is 5.56 Å². The van der Waals surface area contributed by atoms with Crippen LogP contribution < -0.4 is 9.64 Å². The smallest absolute Gasteiger partial charge is 0.119 e. The number of piperidine rings is 1. The van der Waals surface area contributed by atoms with E-state index in [9.17, 15) is 5.11 Å². The number of anilines is 1. The number of ether oxygens (including phenoxy) is 1. The number of halogens is 2. The van der Waals surface area contributed by atoms with E-state index in [-0.39, 0.29) is 24.8 Å². The molecular weight excluding hydrogens is 431 g/mol. The molecule has 4 nitrogen and oxygen atoms in total. The number of benzene rings is 2. The third kappa shape index (κ3) is 8.89. The number of aliphatic hydroxyl groups is 1. The summed E-state index contributed by atoms with van der Waals surface area (Å²) in [5.41, 5.74) is 1.96. The minimum absolute atomic E-state index is 0. The van der Waals surface area contributed by atoms with Crippen LogP contribution in [0, 0.1) is 0 Å². The molecule has 0 radical (unpaired) electrons. The summed E-state index contributed by atoms with van der Waals surface area (Å²) < 4.78 is 5.74. The second-order valence-corrected chi connectivity index (χ2v) is 8.35. The predicted octanol–water partition coefficient (Wildman–Crippen LogP) is 5.56. The first-order valence-electron chi connectivity index (χ1n) is 11.0.